The molecule has 26 heavy (non-hydrogen) atoms. The summed E-state index contributed by atoms with van der Waals surface area (Å²) in [5.41, 5.74) is 0.275. The van der Waals surface area contributed by atoms with Gasteiger partial charge in [-0.25, -0.2) is 9.78 Å². The lowest BCUT2D eigenvalue weighted by Crippen LogP contribution is -2.40. The van der Waals surface area contributed by atoms with E-state index in [1.54, 1.807) is 6.92 Å². The van der Waals surface area contributed by atoms with Crippen molar-refractivity contribution in [3.05, 3.63) is 26.6 Å². The van der Waals surface area contributed by atoms with Crippen LogP contribution in [0, 0.1) is 6.92 Å². The molecule has 2 rings (SSSR count). The molecule has 142 valence electrons. The van der Waals surface area contributed by atoms with E-state index in [9.17, 15) is 14.4 Å². The highest BCUT2D eigenvalue weighted by Crippen LogP contribution is 2.27. The third-order valence-electron chi connectivity index (χ3n) is 3.86. The standard InChI is InChI=1S/C17H24N4O4S/c1-6-21(8-12(22)18-9(2)3)7-11-19-15(23)13-10(4)14(17(24)25-5)26-16(13)20-11/h9H,6-8H2,1-5H3,(H,18,22)(H,19,20,23). The monoisotopic (exact) mass is 380 g/mol. The van der Waals surface area contributed by atoms with E-state index in [0.29, 0.717) is 39.6 Å². The summed E-state index contributed by atoms with van der Waals surface area (Å²) in [6, 6.07) is 0.0707. The van der Waals surface area contributed by atoms with Crippen molar-refractivity contribution >= 4 is 33.4 Å². The van der Waals surface area contributed by atoms with Crippen molar-refractivity contribution in [3.63, 3.8) is 0 Å². The van der Waals surface area contributed by atoms with Crippen molar-refractivity contribution in [3.8, 4) is 0 Å². The summed E-state index contributed by atoms with van der Waals surface area (Å²) in [5, 5.41) is 3.24. The molecule has 2 heterocycles. The molecule has 0 aliphatic carbocycles. The fourth-order valence-electron chi connectivity index (χ4n) is 2.61. The van der Waals surface area contributed by atoms with E-state index in [1.807, 2.05) is 25.7 Å². The maximum absolute atomic E-state index is 12.4. The molecular weight excluding hydrogens is 356 g/mol. The van der Waals surface area contributed by atoms with E-state index in [1.165, 1.54) is 7.11 Å². The van der Waals surface area contributed by atoms with Crippen molar-refractivity contribution < 1.29 is 14.3 Å². The molecule has 0 fully saturated rings. The fraction of sp³-hybridized carbons (Fsp3) is 0.529. The van der Waals surface area contributed by atoms with Gasteiger partial charge in [-0.1, -0.05) is 6.92 Å². The number of thiophene rings is 1. The van der Waals surface area contributed by atoms with Gasteiger partial charge in [-0.15, -0.1) is 11.3 Å². The second-order valence-electron chi connectivity index (χ2n) is 6.27. The number of aromatic amines is 1. The Labute approximate surface area is 155 Å². The van der Waals surface area contributed by atoms with Crippen molar-refractivity contribution in [2.75, 3.05) is 20.2 Å². The van der Waals surface area contributed by atoms with Crippen LogP contribution in [0.25, 0.3) is 10.2 Å². The first kappa shape index (κ1) is 20.1. The van der Waals surface area contributed by atoms with Gasteiger partial charge in [0.05, 0.1) is 25.6 Å². The van der Waals surface area contributed by atoms with E-state index in [2.05, 4.69) is 15.3 Å². The molecular formula is C17H24N4O4S. The maximum atomic E-state index is 12.4. The molecule has 0 unspecified atom stereocenters. The average molecular weight is 380 g/mol. The minimum absolute atomic E-state index is 0.0707. The lowest BCUT2D eigenvalue weighted by atomic mass is 10.2. The van der Waals surface area contributed by atoms with Crippen molar-refractivity contribution in [2.45, 2.75) is 40.3 Å². The molecule has 9 heteroatoms. The summed E-state index contributed by atoms with van der Waals surface area (Å²) in [5.74, 6) is -0.100. The summed E-state index contributed by atoms with van der Waals surface area (Å²) in [4.78, 5) is 46.2. The Bertz CT molecular complexity index is 872. The van der Waals surface area contributed by atoms with Gasteiger partial charge in [-0.3, -0.25) is 14.5 Å². The number of aromatic nitrogens is 2. The molecule has 0 aromatic carbocycles. The molecule has 0 radical (unpaired) electrons. The third-order valence-corrected chi connectivity index (χ3v) is 5.02. The second-order valence-corrected chi connectivity index (χ2v) is 7.27. The van der Waals surface area contributed by atoms with Crippen molar-refractivity contribution in [2.24, 2.45) is 0 Å². The van der Waals surface area contributed by atoms with Crippen molar-refractivity contribution in [1.29, 1.82) is 0 Å². The molecule has 0 aliphatic heterocycles. The van der Waals surface area contributed by atoms with Gasteiger partial charge in [0.2, 0.25) is 5.91 Å². The van der Waals surface area contributed by atoms with Gasteiger partial charge >= 0.3 is 5.97 Å². The number of aryl methyl sites for hydroxylation is 1. The second kappa shape index (κ2) is 8.41. The first-order valence-electron chi connectivity index (χ1n) is 8.39. The number of hydrogen-bond donors (Lipinski definition) is 2. The number of hydrogen-bond acceptors (Lipinski definition) is 7. The Morgan fingerprint density at radius 3 is 2.65 bits per heavy atom. The number of amides is 1. The van der Waals surface area contributed by atoms with Gasteiger partial charge in [0, 0.05) is 6.04 Å². The number of likely N-dealkylation sites (N-methyl/N-ethyl adjacent to an activating group) is 1. The minimum Gasteiger partial charge on any atom is -0.465 e. The van der Waals surface area contributed by atoms with E-state index in [4.69, 9.17) is 4.74 Å². The predicted octanol–water partition coefficient (Wildman–Crippen LogP) is 1.43. The van der Waals surface area contributed by atoms with Crippen LogP contribution in [0.5, 0.6) is 0 Å². The first-order chi connectivity index (χ1) is 12.3. The third kappa shape index (κ3) is 4.47. The quantitative estimate of drug-likeness (QED) is 0.704. The Kier molecular flexibility index (Phi) is 6.49. The Balaban J connectivity index is 2.28. The van der Waals surface area contributed by atoms with Crippen LogP contribution in [0.3, 0.4) is 0 Å². The molecule has 1 amide bonds. The van der Waals surface area contributed by atoms with Gasteiger partial charge in [0.15, 0.2) is 0 Å². The van der Waals surface area contributed by atoms with E-state index in [0.717, 1.165) is 11.3 Å². The zero-order chi connectivity index (χ0) is 19.4. The van der Waals surface area contributed by atoms with Crippen LogP contribution < -0.4 is 10.9 Å². The zero-order valence-corrected chi connectivity index (χ0v) is 16.5. The number of nitrogens with zero attached hydrogens (tertiary/aromatic N) is 2. The molecule has 0 saturated heterocycles. The molecule has 0 saturated carbocycles. The van der Waals surface area contributed by atoms with Gasteiger partial charge in [-0.2, -0.15) is 0 Å². The summed E-state index contributed by atoms with van der Waals surface area (Å²) in [6.07, 6.45) is 0. The number of carbonyl (C=O) groups is 2. The Morgan fingerprint density at radius 1 is 1.38 bits per heavy atom. The normalized spacial score (nSPS) is 11.3. The topological polar surface area (TPSA) is 104 Å². The van der Waals surface area contributed by atoms with Crippen LogP contribution in [-0.2, 0) is 16.1 Å². The molecule has 2 aromatic heterocycles. The summed E-state index contributed by atoms with van der Waals surface area (Å²) < 4.78 is 4.75. The van der Waals surface area contributed by atoms with E-state index >= 15 is 0 Å². The number of rotatable bonds is 7. The largest absolute Gasteiger partial charge is 0.465 e. The lowest BCUT2D eigenvalue weighted by molar-refractivity contribution is -0.122. The maximum Gasteiger partial charge on any atom is 0.348 e. The highest BCUT2D eigenvalue weighted by Gasteiger charge is 2.20. The SMILES string of the molecule is CCN(CC(=O)NC(C)C)Cc1nc2sc(C(=O)OC)c(C)c2c(=O)[nH]1. The number of ether oxygens (including phenoxy) is 1. The van der Waals surface area contributed by atoms with Crippen LogP contribution in [0.4, 0.5) is 0 Å². The number of methoxy groups -OCH3 is 1. The lowest BCUT2D eigenvalue weighted by Gasteiger charge is -2.20. The van der Waals surface area contributed by atoms with Crippen LogP contribution in [0.1, 0.15) is 41.8 Å². The average Bonchev–Trinajstić information content (AvgIpc) is 2.89. The predicted molar refractivity (Wildman–Crippen MR) is 101 cm³/mol. The van der Waals surface area contributed by atoms with Gasteiger partial charge in [0.1, 0.15) is 15.5 Å². The molecule has 8 nitrogen and oxygen atoms in total. The smallest absolute Gasteiger partial charge is 0.348 e. The first-order valence-corrected chi connectivity index (χ1v) is 9.20. The Morgan fingerprint density at radius 2 is 2.08 bits per heavy atom. The highest BCUT2D eigenvalue weighted by molar-refractivity contribution is 7.20. The van der Waals surface area contributed by atoms with Gasteiger partial charge in [0.25, 0.3) is 5.56 Å². The molecule has 2 aromatic rings. The van der Waals surface area contributed by atoms with Gasteiger partial charge in [-0.05, 0) is 32.9 Å². The summed E-state index contributed by atoms with van der Waals surface area (Å²) >= 11 is 1.14. The number of H-pyrrole nitrogens is 1. The molecule has 0 spiro atoms. The number of nitrogens with one attached hydrogen (secondary N) is 2. The van der Waals surface area contributed by atoms with E-state index < -0.39 is 5.97 Å². The summed E-state index contributed by atoms with van der Waals surface area (Å²) in [7, 11) is 1.30. The minimum atomic E-state index is -0.480. The molecule has 0 atom stereocenters. The van der Waals surface area contributed by atoms with Crippen LogP contribution in [0.2, 0.25) is 0 Å². The highest BCUT2D eigenvalue weighted by atomic mass is 32.1. The molecule has 0 aliphatic rings. The van der Waals surface area contributed by atoms with E-state index in [-0.39, 0.29) is 24.1 Å². The van der Waals surface area contributed by atoms with Crippen LogP contribution in [-0.4, -0.2) is 53.0 Å². The van der Waals surface area contributed by atoms with Crippen LogP contribution >= 0.6 is 11.3 Å². The molecule has 0 bridgehead atoms. The van der Waals surface area contributed by atoms with Crippen LogP contribution in [0.15, 0.2) is 4.79 Å². The number of fused-ring (bicyclic) bond motifs is 1. The molecule has 2 N–H and O–H groups in total. The van der Waals surface area contributed by atoms with Gasteiger partial charge < -0.3 is 15.0 Å². The summed E-state index contributed by atoms with van der Waals surface area (Å²) in [6.45, 7) is 8.62. The fourth-order valence-corrected chi connectivity index (χ4v) is 3.73. The zero-order valence-electron chi connectivity index (χ0n) is 15.6. The Hall–Kier alpha value is -2.26. The number of carbonyl (C=O) groups excluding carboxylic acids is 2. The number of esters is 1. The van der Waals surface area contributed by atoms with Crippen molar-refractivity contribution in [1.82, 2.24) is 20.2 Å².